The van der Waals surface area contributed by atoms with Gasteiger partial charge in [-0.05, 0) is 41.5 Å². The summed E-state index contributed by atoms with van der Waals surface area (Å²) in [6.07, 6.45) is 0. The first-order valence-electron chi connectivity index (χ1n) is 6.50. The summed E-state index contributed by atoms with van der Waals surface area (Å²) in [5, 5.41) is 9.37. The van der Waals surface area contributed by atoms with Crippen molar-refractivity contribution in [1.82, 2.24) is 0 Å². The van der Waals surface area contributed by atoms with Crippen molar-refractivity contribution in [2.24, 2.45) is 0 Å². The van der Waals surface area contributed by atoms with Gasteiger partial charge in [0, 0.05) is 0 Å². The van der Waals surface area contributed by atoms with Gasteiger partial charge in [-0.15, -0.1) is 0 Å². The van der Waals surface area contributed by atoms with Crippen LogP contribution in [0.25, 0.3) is 11.1 Å². The number of aromatic carboxylic acids is 1. The van der Waals surface area contributed by atoms with Gasteiger partial charge in [0.2, 0.25) is 0 Å². The number of hydrogen-bond acceptors (Lipinski definition) is 4. The predicted molar refractivity (Wildman–Crippen MR) is 76.4 cm³/mol. The van der Waals surface area contributed by atoms with E-state index in [4.69, 9.17) is 14.2 Å². The van der Waals surface area contributed by atoms with E-state index in [0.29, 0.717) is 36.0 Å². The number of hydrogen-bond donors (Lipinski definition) is 1. The molecule has 0 bridgehead atoms. The van der Waals surface area contributed by atoms with Crippen LogP contribution in [0.1, 0.15) is 10.4 Å². The Morgan fingerprint density at radius 3 is 2.57 bits per heavy atom. The number of rotatable bonds is 3. The second-order valence-corrected chi connectivity index (χ2v) is 4.58. The van der Waals surface area contributed by atoms with Crippen molar-refractivity contribution in [2.75, 3.05) is 20.3 Å². The Hall–Kier alpha value is -2.69. The summed E-state index contributed by atoms with van der Waals surface area (Å²) in [4.78, 5) is 11.4. The molecule has 1 heterocycles. The molecule has 0 saturated carbocycles. The van der Waals surface area contributed by atoms with Crippen molar-refractivity contribution in [3.8, 4) is 28.4 Å². The zero-order valence-electron chi connectivity index (χ0n) is 11.5. The molecule has 0 amide bonds. The van der Waals surface area contributed by atoms with E-state index in [9.17, 15) is 9.90 Å². The highest BCUT2D eigenvalue weighted by Gasteiger charge is 2.17. The van der Waals surface area contributed by atoms with Gasteiger partial charge >= 0.3 is 5.97 Å². The molecule has 0 radical (unpaired) electrons. The van der Waals surface area contributed by atoms with Crippen molar-refractivity contribution < 1.29 is 24.1 Å². The van der Waals surface area contributed by atoms with E-state index < -0.39 is 5.97 Å². The third-order valence-electron chi connectivity index (χ3n) is 3.31. The molecule has 0 fully saturated rings. The summed E-state index contributed by atoms with van der Waals surface area (Å²) in [5.41, 5.74) is 1.56. The fourth-order valence-corrected chi connectivity index (χ4v) is 2.29. The van der Waals surface area contributed by atoms with Gasteiger partial charge in [0.15, 0.2) is 11.5 Å². The largest absolute Gasteiger partial charge is 0.497 e. The topological polar surface area (TPSA) is 65.0 Å². The summed E-state index contributed by atoms with van der Waals surface area (Å²) in [6, 6.07) is 10.4. The van der Waals surface area contributed by atoms with E-state index in [0.717, 1.165) is 5.56 Å². The predicted octanol–water partition coefficient (Wildman–Crippen LogP) is 2.83. The second kappa shape index (κ2) is 5.36. The number of benzene rings is 2. The van der Waals surface area contributed by atoms with Gasteiger partial charge in [-0.25, -0.2) is 4.79 Å². The van der Waals surface area contributed by atoms with Crippen LogP contribution in [-0.2, 0) is 0 Å². The average Bonchev–Trinajstić information content (AvgIpc) is 2.53. The molecule has 3 rings (SSSR count). The lowest BCUT2D eigenvalue weighted by molar-refractivity contribution is 0.0697. The highest BCUT2D eigenvalue weighted by Crippen LogP contribution is 2.36. The fraction of sp³-hybridized carbons (Fsp3) is 0.188. The highest BCUT2D eigenvalue weighted by molar-refractivity contribution is 5.96. The Morgan fingerprint density at radius 1 is 1.10 bits per heavy atom. The maximum Gasteiger partial charge on any atom is 0.336 e. The molecular weight excluding hydrogens is 272 g/mol. The minimum absolute atomic E-state index is 0.186. The van der Waals surface area contributed by atoms with Crippen molar-refractivity contribution in [2.45, 2.75) is 0 Å². The molecule has 1 aliphatic heterocycles. The monoisotopic (exact) mass is 286 g/mol. The molecule has 2 aromatic rings. The standard InChI is InChI=1S/C16H14O5/c1-19-11-3-4-12(13(9-11)16(17)18)10-2-5-14-15(8-10)21-7-6-20-14/h2-5,8-9H,6-7H2,1H3,(H,17,18). The first-order chi connectivity index (χ1) is 10.2. The van der Waals surface area contributed by atoms with Gasteiger partial charge in [-0.1, -0.05) is 6.07 Å². The minimum Gasteiger partial charge on any atom is -0.497 e. The third-order valence-corrected chi connectivity index (χ3v) is 3.31. The Labute approximate surface area is 121 Å². The van der Waals surface area contributed by atoms with Crippen molar-refractivity contribution >= 4 is 5.97 Å². The van der Waals surface area contributed by atoms with Crippen molar-refractivity contribution in [1.29, 1.82) is 0 Å². The average molecular weight is 286 g/mol. The van der Waals surface area contributed by atoms with Crippen LogP contribution in [0.5, 0.6) is 17.2 Å². The number of carboxylic acid groups (broad SMARTS) is 1. The zero-order valence-corrected chi connectivity index (χ0v) is 11.5. The Bertz CT molecular complexity index is 693. The van der Waals surface area contributed by atoms with Gasteiger partial charge in [0.25, 0.3) is 0 Å². The lowest BCUT2D eigenvalue weighted by atomic mass is 9.99. The third kappa shape index (κ3) is 2.50. The maximum atomic E-state index is 11.4. The van der Waals surface area contributed by atoms with Crippen LogP contribution in [0.15, 0.2) is 36.4 Å². The number of fused-ring (bicyclic) bond motifs is 1. The van der Waals surface area contributed by atoms with E-state index in [2.05, 4.69) is 0 Å². The summed E-state index contributed by atoms with van der Waals surface area (Å²) in [5.74, 6) is 0.814. The summed E-state index contributed by atoms with van der Waals surface area (Å²) >= 11 is 0. The van der Waals surface area contributed by atoms with Crippen molar-refractivity contribution in [3.63, 3.8) is 0 Å². The fourth-order valence-electron chi connectivity index (χ4n) is 2.29. The molecule has 0 spiro atoms. The Kier molecular flexibility index (Phi) is 3.39. The maximum absolute atomic E-state index is 11.4. The number of ether oxygens (including phenoxy) is 3. The molecule has 108 valence electrons. The van der Waals surface area contributed by atoms with Crippen LogP contribution in [0.3, 0.4) is 0 Å². The zero-order chi connectivity index (χ0) is 14.8. The molecule has 21 heavy (non-hydrogen) atoms. The minimum atomic E-state index is -1.00. The molecule has 2 aromatic carbocycles. The first-order valence-corrected chi connectivity index (χ1v) is 6.50. The normalized spacial score (nSPS) is 12.8. The van der Waals surface area contributed by atoms with E-state index in [1.807, 2.05) is 6.07 Å². The van der Waals surface area contributed by atoms with Crippen LogP contribution in [0.2, 0.25) is 0 Å². The second-order valence-electron chi connectivity index (χ2n) is 4.58. The Morgan fingerprint density at radius 2 is 1.86 bits per heavy atom. The van der Waals surface area contributed by atoms with Gasteiger partial charge in [-0.2, -0.15) is 0 Å². The van der Waals surface area contributed by atoms with Crippen LogP contribution in [0, 0.1) is 0 Å². The lowest BCUT2D eigenvalue weighted by Crippen LogP contribution is -2.15. The van der Waals surface area contributed by atoms with Gasteiger partial charge < -0.3 is 19.3 Å². The van der Waals surface area contributed by atoms with Crippen LogP contribution < -0.4 is 14.2 Å². The molecule has 0 aliphatic carbocycles. The molecular formula is C16H14O5. The molecule has 0 aromatic heterocycles. The van der Waals surface area contributed by atoms with Crippen molar-refractivity contribution in [3.05, 3.63) is 42.0 Å². The quantitative estimate of drug-likeness (QED) is 0.940. The molecule has 1 N–H and O–H groups in total. The smallest absolute Gasteiger partial charge is 0.336 e. The molecule has 5 nitrogen and oxygen atoms in total. The van der Waals surface area contributed by atoms with E-state index >= 15 is 0 Å². The van der Waals surface area contributed by atoms with Crippen LogP contribution in [0.4, 0.5) is 0 Å². The SMILES string of the molecule is COc1ccc(-c2ccc3c(c2)OCCO3)c(C(=O)O)c1. The van der Waals surface area contributed by atoms with Gasteiger partial charge in [0.1, 0.15) is 19.0 Å². The molecule has 0 unspecified atom stereocenters. The van der Waals surface area contributed by atoms with E-state index in [-0.39, 0.29) is 5.56 Å². The van der Waals surface area contributed by atoms with E-state index in [1.54, 1.807) is 24.3 Å². The molecule has 1 aliphatic rings. The lowest BCUT2D eigenvalue weighted by Gasteiger charge is -2.19. The van der Waals surface area contributed by atoms with Gasteiger partial charge in [0.05, 0.1) is 12.7 Å². The number of carboxylic acids is 1. The summed E-state index contributed by atoms with van der Waals surface area (Å²) < 4.78 is 16.1. The van der Waals surface area contributed by atoms with Crippen LogP contribution in [-0.4, -0.2) is 31.4 Å². The van der Waals surface area contributed by atoms with E-state index in [1.165, 1.54) is 13.2 Å². The molecule has 0 atom stereocenters. The Balaban J connectivity index is 2.09. The molecule has 5 heteroatoms. The first kappa shape index (κ1) is 13.3. The number of carbonyl (C=O) groups is 1. The summed E-state index contributed by atoms with van der Waals surface area (Å²) in [7, 11) is 1.50. The summed E-state index contributed by atoms with van der Waals surface area (Å²) in [6.45, 7) is 1.01. The molecule has 0 saturated heterocycles. The highest BCUT2D eigenvalue weighted by atomic mass is 16.6. The van der Waals surface area contributed by atoms with Crippen LogP contribution >= 0.6 is 0 Å². The van der Waals surface area contributed by atoms with Gasteiger partial charge in [-0.3, -0.25) is 0 Å². The number of methoxy groups -OCH3 is 1.